The van der Waals surface area contributed by atoms with Gasteiger partial charge in [-0.05, 0) is 54.7 Å². The molecule has 0 bridgehead atoms. The van der Waals surface area contributed by atoms with Crippen molar-refractivity contribution in [2.24, 2.45) is 23.7 Å². The first-order valence-electron chi connectivity index (χ1n) is 17.0. The molecule has 4 aromatic rings. The van der Waals surface area contributed by atoms with Gasteiger partial charge in [0.15, 0.2) is 0 Å². The third kappa shape index (κ3) is 4.88. The van der Waals surface area contributed by atoms with Crippen LogP contribution < -0.4 is 19.3 Å². The number of anilines is 2. The topological polar surface area (TPSA) is 157 Å². The SMILES string of the molecule is COc1cc(O)c(C2C3=CCC4C(=O)N(c5ccc([N+](=O)[O-])cc5)C(=O)C4C3CC3C(=O)N(c4cccc(Cl)c4)C(=O)C32c2ccccc2)c(OC)c1. The highest BCUT2D eigenvalue weighted by Gasteiger charge is 2.71. The molecule has 3 fully saturated rings. The first-order chi connectivity index (χ1) is 25.5. The Morgan fingerprint density at radius 3 is 2.23 bits per heavy atom. The van der Waals surface area contributed by atoms with Gasteiger partial charge in [0.25, 0.3) is 5.69 Å². The second-order valence-corrected chi connectivity index (χ2v) is 14.1. The number of hydrogen-bond acceptors (Lipinski definition) is 9. The van der Waals surface area contributed by atoms with Gasteiger partial charge in [0, 0.05) is 40.8 Å². The number of nitro benzene ring substituents is 1. The van der Waals surface area contributed by atoms with Gasteiger partial charge in [0.2, 0.25) is 23.6 Å². The molecule has 12 nitrogen and oxygen atoms in total. The van der Waals surface area contributed by atoms with Crippen molar-refractivity contribution in [1.29, 1.82) is 0 Å². The molecule has 1 N–H and O–H groups in total. The molecule has 8 rings (SSSR count). The summed E-state index contributed by atoms with van der Waals surface area (Å²) in [5.74, 6) is -6.32. The maximum atomic E-state index is 15.4. The number of rotatable bonds is 7. The van der Waals surface area contributed by atoms with Crippen molar-refractivity contribution >= 4 is 52.3 Å². The average molecular weight is 734 g/mol. The second kappa shape index (κ2) is 12.6. The zero-order chi connectivity index (χ0) is 37.3. The average Bonchev–Trinajstić information content (AvgIpc) is 3.55. The Hall–Kier alpha value is -6.01. The van der Waals surface area contributed by atoms with E-state index in [0.29, 0.717) is 21.9 Å². The summed E-state index contributed by atoms with van der Waals surface area (Å²) in [4.78, 5) is 71.9. The summed E-state index contributed by atoms with van der Waals surface area (Å²) >= 11 is 6.39. The van der Waals surface area contributed by atoms with E-state index in [0.717, 1.165) is 9.80 Å². The van der Waals surface area contributed by atoms with E-state index in [4.69, 9.17) is 21.1 Å². The molecule has 4 aromatic carbocycles. The maximum Gasteiger partial charge on any atom is 0.269 e. The fourth-order valence-corrected chi connectivity index (χ4v) is 9.38. The van der Waals surface area contributed by atoms with Crippen LogP contribution in [0.25, 0.3) is 0 Å². The molecule has 1 saturated carbocycles. The summed E-state index contributed by atoms with van der Waals surface area (Å²) in [7, 11) is 2.87. The lowest BCUT2D eigenvalue weighted by Gasteiger charge is -2.51. The molecule has 53 heavy (non-hydrogen) atoms. The van der Waals surface area contributed by atoms with E-state index < -0.39 is 63.6 Å². The molecule has 2 heterocycles. The highest BCUT2D eigenvalue weighted by atomic mass is 35.5. The smallest absolute Gasteiger partial charge is 0.269 e. The third-order valence-electron chi connectivity index (χ3n) is 11.3. The molecule has 2 aliphatic heterocycles. The largest absolute Gasteiger partial charge is 0.507 e. The Morgan fingerprint density at radius 2 is 1.57 bits per heavy atom. The zero-order valence-electron chi connectivity index (χ0n) is 28.5. The van der Waals surface area contributed by atoms with Gasteiger partial charge in [-0.15, -0.1) is 0 Å². The van der Waals surface area contributed by atoms with Gasteiger partial charge in [-0.3, -0.25) is 34.2 Å². The minimum Gasteiger partial charge on any atom is -0.507 e. The van der Waals surface area contributed by atoms with Crippen molar-refractivity contribution < 1.29 is 38.7 Å². The van der Waals surface area contributed by atoms with Crippen molar-refractivity contribution in [1.82, 2.24) is 0 Å². The summed E-state index contributed by atoms with van der Waals surface area (Å²) < 4.78 is 11.3. The Labute approximate surface area is 308 Å². The number of amides is 4. The van der Waals surface area contributed by atoms with Crippen LogP contribution in [-0.2, 0) is 24.6 Å². The van der Waals surface area contributed by atoms with Gasteiger partial charge in [0.1, 0.15) is 17.2 Å². The lowest BCUT2D eigenvalue weighted by Crippen LogP contribution is -2.53. The predicted octanol–water partition coefficient (Wildman–Crippen LogP) is 6.34. The van der Waals surface area contributed by atoms with Crippen LogP contribution >= 0.6 is 11.6 Å². The van der Waals surface area contributed by atoms with Crippen molar-refractivity contribution in [3.63, 3.8) is 0 Å². The van der Waals surface area contributed by atoms with Crippen LogP contribution in [0.3, 0.4) is 0 Å². The van der Waals surface area contributed by atoms with Crippen LogP contribution in [0.1, 0.15) is 29.9 Å². The van der Waals surface area contributed by atoms with Crippen molar-refractivity contribution in [3.05, 3.63) is 129 Å². The zero-order valence-corrected chi connectivity index (χ0v) is 29.2. The molecular weight excluding hydrogens is 702 g/mol. The maximum absolute atomic E-state index is 15.4. The van der Waals surface area contributed by atoms with Crippen molar-refractivity contribution in [2.45, 2.75) is 24.2 Å². The minimum atomic E-state index is -1.64. The number of methoxy groups -OCH3 is 2. The number of halogens is 1. The monoisotopic (exact) mass is 733 g/mol. The fourth-order valence-electron chi connectivity index (χ4n) is 9.20. The Kier molecular flexibility index (Phi) is 8.10. The first kappa shape index (κ1) is 34.1. The molecule has 2 aliphatic carbocycles. The van der Waals surface area contributed by atoms with E-state index in [-0.39, 0.29) is 47.0 Å². The molecule has 268 valence electrons. The van der Waals surface area contributed by atoms with Gasteiger partial charge in [0.05, 0.1) is 53.7 Å². The van der Waals surface area contributed by atoms with Gasteiger partial charge >= 0.3 is 0 Å². The summed E-state index contributed by atoms with van der Waals surface area (Å²) in [6.07, 6.45) is 2.03. The molecule has 6 atom stereocenters. The number of imide groups is 2. The first-order valence-corrected chi connectivity index (χ1v) is 17.4. The Balaban J connectivity index is 1.36. The molecule has 2 saturated heterocycles. The lowest BCUT2D eigenvalue weighted by molar-refractivity contribution is -0.384. The highest BCUT2D eigenvalue weighted by Crippen LogP contribution is 2.66. The van der Waals surface area contributed by atoms with Crippen molar-refractivity contribution in [2.75, 3.05) is 24.0 Å². The van der Waals surface area contributed by atoms with E-state index in [2.05, 4.69) is 0 Å². The van der Waals surface area contributed by atoms with Gasteiger partial charge in [-0.25, -0.2) is 4.90 Å². The van der Waals surface area contributed by atoms with Crippen LogP contribution in [0.4, 0.5) is 17.1 Å². The fraction of sp³-hybridized carbons (Fsp3) is 0.250. The van der Waals surface area contributed by atoms with E-state index >= 15 is 4.79 Å². The molecule has 13 heteroatoms. The number of nitro groups is 1. The van der Waals surface area contributed by atoms with Crippen molar-refractivity contribution in [3.8, 4) is 17.2 Å². The lowest BCUT2D eigenvalue weighted by atomic mass is 9.49. The molecule has 0 radical (unpaired) electrons. The van der Waals surface area contributed by atoms with Gasteiger partial charge in [-0.1, -0.05) is 59.6 Å². The van der Waals surface area contributed by atoms with E-state index in [9.17, 15) is 29.6 Å². The summed E-state index contributed by atoms with van der Waals surface area (Å²) in [6, 6.07) is 23.6. The van der Waals surface area contributed by atoms with Crippen LogP contribution in [0.15, 0.2) is 103 Å². The highest BCUT2D eigenvalue weighted by molar-refractivity contribution is 6.32. The summed E-state index contributed by atoms with van der Waals surface area (Å²) in [5.41, 5.74) is 0.00950. The number of fused-ring (bicyclic) bond motifs is 4. The molecule has 4 aliphatic rings. The van der Waals surface area contributed by atoms with Crippen LogP contribution in [0.5, 0.6) is 17.2 Å². The minimum absolute atomic E-state index is 0.0341. The molecule has 4 amide bonds. The molecular formula is C40H32ClN3O9. The number of carbonyl (C=O) groups is 4. The van der Waals surface area contributed by atoms with Gasteiger partial charge < -0.3 is 14.6 Å². The van der Waals surface area contributed by atoms with Crippen LogP contribution in [0.2, 0.25) is 5.02 Å². The number of phenols is 1. The standard InChI is InChI=1S/C40H32ClN3O9/c1-52-26-18-31(45)34(32(19-26)53-2)35-27-15-16-28-33(38(48)42(36(28)46)23-11-13-24(14-12-23)44(50)51)29(27)20-30-37(47)43(25-10-6-9-22(41)17-25)39(49)40(30,35)21-7-4-3-5-8-21/h3-15,17-19,28-30,33,35,45H,16,20H2,1-2H3. The van der Waals surface area contributed by atoms with E-state index in [1.165, 1.54) is 50.6 Å². The summed E-state index contributed by atoms with van der Waals surface area (Å²) in [5, 5.41) is 23.5. The van der Waals surface area contributed by atoms with Crippen LogP contribution in [0, 0.1) is 33.8 Å². The molecule has 6 unspecified atom stereocenters. The molecule has 0 spiro atoms. The number of allylic oxidation sites excluding steroid dienone is 2. The van der Waals surface area contributed by atoms with E-state index in [1.54, 1.807) is 54.6 Å². The number of hydrogen-bond donors (Lipinski definition) is 1. The number of aromatic hydroxyl groups is 1. The predicted molar refractivity (Wildman–Crippen MR) is 193 cm³/mol. The Morgan fingerprint density at radius 1 is 0.830 bits per heavy atom. The Bertz CT molecular complexity index is 2260. The quantitative estimate of drug-likeness (QED) is 0.0991. The third-order valence-corrected chi connectivity index (χ3v) is 11.6. The van der Waals surface area contributed by atoms with E-state index in [1.807, 2.05) is 6.08 Å². The molecule has 0 aromatic heterocycles. The summed E-state index contributed by atoms with van der Waals surface area (Å²) in [6.45, 7) is 0. The number of phenolic OH excluding ortho intramolecular Hbond substituents is 1. The van der Waals surface area contributed by atoms with Gasteiger partial charge in [-0.2, -0.15) is 0 Å². The number of benzene rings is 4. The van der Waals surface area contributed by atoms with Crippen LogP contribution in [-0.4, -0.2) is 47.9 Å². The second-order valence-electron chi connectivity index (χ2n) is 13.6. The number of ether oxygens (including phenoxy) is 2. The normalized spacial score (nSPS) is 26.2. The number of nitrogens with zero attached hydrogens (tertiary/aromatic N) is 3. The number of non-ortho nitro benzene ring substituents is 1. The number of carbonyl (C=O) groups excluding carboxylic acids is 4.